The number of para-hydroxylation sites is 1. The molecule has 1 saturated heterocycles. The van der Waals surface area contributed by atoms with Crippen LogP contribution in [-0.2, 0) is 4.79 Å². The number of benzene rings is 2. The molecule has 1 aliphatic rings. The quantitative estimate of drug-likeness (QED) is 0.811. The van der Waals surface area contributed by atoms with E-state index in [0.717, 1.165) is 42.4 Å². The molecule has 3 rings (SSSR count). The fourth-order valence-electron chi connectivity index (χ4n) is 3.17. The third-order valence-corrected chi connectivity index (χ3v) is 5.59. The van der Waals surface area contributed by atoms with Crippen molar-refractivity contribution in [1.29, 1.82) is 0 Å². The van der Waals surface area contributed by atoms with Crippen molar-refractivity contribution in [3.8, 4) is 0 Å². The van der Waals surface area contributed by atoms with E-state index in [1.54, 1.807) is 23.9 Å². The van der Waals surface area contributed by atoms with Gasteiger partial charge in [0.2, 0.25) is 5.91 Å². The molecule has 1 amide bonds. The van der Waals surface area contributed by atoms with Gasteiger partial charge in [0.1, 0.15) is 5.82 Å². The second-order valence-electron chi connectivity index (χ2n) is 6.36. The van der Waals surface area contributed by atoms with E-state index >= 15 is 0 Å². The second-order valence-corrected chi connectivity index (χ2v) is 7.21. The summed E-state index contributed by atoms with van der Waals surface area (Å²) >= 11 is 1.62. The molecule has 0 aromatic heterocycles. The molecule has 0 radical (unpaired) electrons. The van der Waals surface area contributed by atoms with Crippen LogP contribution in [0.4, 0.5) is 15.8 Å². The zero-order valence-electron chi connectivity index (χ0n) is 15.1. The van der Waals surface area contributed by atoms with Gasteiger partial charge in [-0.2, -0.15) is 0 Å². The SMILES string of the molecule is CSc1ccccc1NC(=O)C(C)N1CCN(c2ccc(F)cc2)CC1. The molecule has 0 saturated carbocycles. The summed E-state index contributed by atoms with van der Waals surface area (Å²) in [6.07, 6.45) is 2.00. The number of rotatable bonds is 5. The number of hydrogen-bond donors (Lipinski definition) is 1. The molecule has 138 valence electrons. The molecular formula is C20H24FN3OS. The zero-order chi connectivity index (χ0) is 18.5. The summed E-state index contributed by atoms with van der Waals surface area (Å²) in [6, 6.07) is 14.2. The van der Waals surface area contributed by atoms with Gasteiger partial charge in [-0.25, -0.2) is 4.39 Å². The highest BCUT2D eigenvalue weighted by Gasteiger charge is 2.26. The Labute approximate surface area is 158 Å². The minimum atomic E-state index is -0.219. The van der Waals surface area contributed by atoms with Crippen molar-refractivity contribution in [2.24, 2.45) is 0 Å². The summed E-state index contributed by atoms with van der Waals surface area (Å²) in [5.41, 5.74) is 1.89. The zero-order valence-corrected chi connectivity index (χ0v) is 15.9. The molecule has 1 fully saturated rings. The fraction of sp³-hybridized carbons (Fsp3) is 0.350. The van der Waals surface area contributed by atoms with E-state index in [0.29, 0.717) is 0 Å². The topological polar surface area (TPSA) is 35.6 Å². The van der Waals surface area contributed by atoms with Crippen LogP contribution >= 0.6 is 11.8 Å². The van der Waals surface area contributed by atoms with Crippen molar-refractivity contribution in [2.45, 2.75) is 17.9 Å². The maximum absolute atomic E-state index is 13.1. The van der Waals surface area contributed by atoms with E-state index in [9.17, 15) is 9.18 Å². The number of anilines is 2. The first kappa shape index (κ1) is 18.7. The number of thioether (sulfide) groups is 1. The molecule has 1 atom stereocenters. The number of halogens is 1. The Morgan fingerprint density at radius 3 is 2.38 bits per heavy atom. The Balaban J connectivity index is 1.56. The maximum atomic E-state index is 13.1. The van der Waals surface area contributed by atoms with E-state index in [-0.39, 0.29) is 17.8 Å². The first-order valence-electron chi connectivity index (χ1n) is 8.77. The lowest BCUT2D eigenvalue weighted by molar-refractivity contribution is -0.120. The van der Waals surface area contributed by atoms with Crippen LogP contribution in [0.15, 0.2) is 53.4 Å². The molecule has 1 N–H and O–H groups in total. The Morgan fingerprint density at radius 1 is 1.08 bits per heavy atom. The third-order valence-electron chi connectivity index (χ3n) is 4.80. The predicted octanol–water partition coefficient (Wildman–Crippen LogP) is 3.70. The Morgan fingerprint density at radius 2 is 1.73 bits per heavy atom. The Hall–Kier alpha value is -2.05. The molecule has 0 spiro atoms. The van der Waals surface area contributed by atoms with Crippen molar-refractivity contribution in [3.05, 3.63) is 54.3 Å². The van der Waals surface area contributed by atoms with Gasteiger partial charge in [0.05, 0.1) is 11.7 Å². The van der Waals surface area contributed by atoms with Gasteiger partial charge in [-0.15, -0.1) is 11.8 Å². The number of nitrogens with one attached hydrogen (secondary N) is 1. The largest absolute Gasteiger partial charge is 0.369 e. The molecule has 1 aliphatic heterocycles. The van der Waals surface area contributed by atoms with Gasteiger partial charge in [0, 0.05) is 36.8 Å². The van der Waals surface area contributed by atoms with E-state index in [1.807, 2.05) is 37.4 Å². The van der Waals surface area contributed by atoms with Crippen LogP contribution in [0.5, 0.6) is 0 Å². The van der Waals surface area contributed by atoms with Gasteiger partial charge in [0.25, 0.3) is 0 Å². The summed E-state index contributed by atoms with van der Waals surface area (Å²) in [5.74, 6) is -0.204. The average Bonchev–Trinajstić information content (AvgIpc) is 2.68. The number of carbonyl (C=O) groups is 1. The van der Waals surface area contributed by atoms with E-state index < -0.39 is 0 Å². The average molecular weight is 373 g/mol. The van der Waals surface area contributed by atoms with Crippen LogP contribution in [0, 0.1) is 5.82 Å². The van der Waals surface area contributed by atoms with Gasteiger partial charge >= 0.3 is 0 Å². The lowest BCUT2D eigenvalue weighted by Gasteiger charge is -2.38. The molecular weight excluding hydrogens is 349 g/mol. The van der Waals surface area contributed by atoms with Crippen LogP contribution < -0.4 is 10.2 Å². The molecule has 2 aromatic carbocycles. The number of carbonyl (C=O) groups excluding carboxylic acids is 1. The first-order chi connectivity index (χ1) is 12.6. The van der Waals surface area contributed by atoms with Crippen molar-refractivity contribution >= 4 is 29.0 Å². The number of nitrogens with zero attached hydrogens (tertiary/aromatic N) is 2. The van der Waals surface area contributed by atoms with Crippen molar-refractivity contribution < 1.29 is 9.18 Å². The van der Waals surface area contributed by atoms with E-state index in [2.05, 4.69) is 15.1 Å². The van der Waals surface area contributed by atoms with Gasteiger partial charge in [-0.3, -0.25) is 9.69 Å². The van der Waals surface area contributed by atoms with Crippen molar-refractivity contribution in [2.75, 3.05) is 42.7 Å². The maximum Gasteiger partial charge on any atom is 0.241 e. The second kappa shape index (κ2) is 8.56. The highest BCUT2D eigenvalue weighted by Crippen LogP contribution is 2.25. The summed E-state index contributed by atoms with van der Waals surface area (Å²) in [6.45, 7) is 5.20. The molecule has 1 heterocycles. The normalized spacial score (nSPS) is 16.3. The summed E-state index contributed by atoms with van der Waals surface area (Å²) in [7, 11) is 0. The molecule has 2 aromatic rings. The van der Waals surface area contributed by atoms with Crippen LogP contribution in [0.2, 0.25) is 0 Å². The summed E-state index contributed by atoms with van der Waals surface area (Å²) in [5, 5.41) is 3.05. The molecule has 6 heteroatoms. The fourth-order valence-corrected chi connectivity index (χ4v) is 3.72. The number of hydrogen-bond acceptors (Lipinski definition) is 4. The van der Waals surface area contributed by atoms with Gasteiger partial charge < -0.3 is 10.2 Å². The van der Waals surface area contributed by atoms with Crippen molar-refractivity contribution in [3.63, 3.8) is 0 Å². The van der Waals surface area contributed by atoms with Gasteiger partial charge in [-0.1, -0.05) is 12.1 Å². The Bertz CT molecular complexity index is 745. The lowest BCUT2D eigenvalue weighted by Crippen LogP contribution is -2.52. The van der Waals surface area contributed by atoms with Gasteiger partial charge in [0.15, 0.2) is 0 Å². The molecule has 0 bridgehead atoms. The van der Waals surface area contributed by atoms with Gasteiger partial charge in [-0.05, 0) is 49.6 Å². The molecule has 4 nitrogen and oxygen atoms in total. The monoisotopic (exact) mass is 373 g/mol. The first-order valence-corrected chi connectivity index (χ1v) is 9.99. The van der Waals surface area contributed by atoms with E-state index in [1.165, 1.54) is 12.1 Å². The van der Waals surface area contributed by atoms with Crippen LogP contribution in [-0.4, -0.2) is 49.3 Å². The predicted molar refractivity (Wildman–Crippen MR) is 107 cm³/mol. The summed E-state index contributed by atoms with van der Waals surface area (Å²) < 4.78 is 13.1. The minimum Gasteiger partial charge on any atom is -0.369 e. The lowest BCUT2D eigenvalue weighted by atomic mass is 10.2. The third kappa shape index (κ3) is 4.37. The standard InChI is InChI=1S/C20H24FN3OS/c1-15(20(25)22-18-5-3-4-6-19(18)26-2)23-11-13-24(14-12-23)17-9-7-16(21)8-10-17/h3-10,15H,11-14H2,1-2H3,(H,22,25). The molecule has 1 unspecified atom stereocenters. The van der Waals surface area contributed by atoms with Crippen molar-refractivity contribution in [1.82, 2.24) is 4.90 Å². The molecule has 0 aliphatic carbocycles. The Kier molecular flexibility index (Phi) is 6.16. The van der Waals surface area contributed by atoms with E-state index in [4.69, 9.17) is 0 Å². The number of amides is 1. The van der Waals surface area contributed by atoms with Crippen LogP contribution in [0.1, 0.15) is 6.92 Å². The summed E-state index contributed by atoms with van der Waals surface area (Å²) in [4.78, 5) is 18.1. The highest BCUT2D eigenvalue weighted by atomic mass is 32.2. The smallest absolute Gasteiger partial charge is 0.241 e. The van der Waals surface area contributed by atoms with Crippen LogP contribution in [0.3, 0.4) is 0 Å². The van der Waals surface area contributed by atoms with Crippen LogP contribution in [0.25, 0.3) is 0 Å². The number of piperazine rings is 1. The molecule has 26 heavy (non-hydrogen) atoms. The highest BCUT2D eigenvalue weighted by molar-refractivity contribution is 7.98. The minimum absolute atomic E-state index is 0.0155.